The SMILES string of the molecule is Cc1cccc(COc2ccc(/C(O)=C3\C(=O)C(=O)N(Cc4cccnc4)C3c3cccnc3)cc2)c1. The summed E-state index contributed by atoms with van der Waals surface area (Å²) in [5.74, 6) is -1.04. The van der Waals surface area contributed by atoms with Gasteiger partial charge in [0.2, 0.25) is 0 Å². The maximum absolute atomic E-state index is 13.2. The molecule has 1 fully saturated rings. The molecule has 0 aliphatic carbocycles. The van der Waals surface area contributed by atoms with Gasteiger partial charge >= 0.3 is 0 Å². The summed E-state index contributed by atoms with van der Waals surface area (Å²) >= 11 is 0. The molecule has 7 heteroatoms. The van der Waals surface area contributed by atoms with Crippen molar-refractivity contribution in [2.24, 2.45) is 0 Å². The maximum atomic E-state index is 13.2. The summed E-state index contributed by atoms with van der Waals surface area (Å²) in [6, 6.07) is 21.2. The van der Waals surface area contributed by atoms with E-state index in [9.17, 15) is 14.7 Å². The molecule has 37 heavy (non-hydrogen) atoms. The summed E-state index contributed by atoms with van der Waals surface area (Å²) in [5.41, 5.74) is 4.05. The van der Waals surface area contributed by atoms with Crippen molar-refractivity contribution < 1.29 is 19.4 Å². The number of aliphatic hydroxyl groups is 1. The van der Waals surface area contributed by atoms with E-state index in [0.717, 1.165) is 16.7 Å². The van der Waals surface area contributed by atoms with E-state index in [0.29, 0.717) is 23.5 Å². The first-order valence-corrected chi connectivity index (χ1v) is 11.9. The van der Waals surface area contributed by atoms with Gasteiger partial charge in [-0.05, 0) is 60.0 Å². The highest BCUT2D eigenvalue weighted by Crippen LogP contribution is 2.40. The van der Waals surface area contributed by atoms with Crippen LogP contribution in [-0.2, 0) is 22.7 Å². The Morgan fingerprint density at radius 3 is 2.32 bits per heavy atom. The zero-order valence-electron chi connectivity index (χ0n) is 20.2. The molecule has 1 aliphatic heterocycles. The highest BCUT2D eigenvalue weighted by molar-refractivity contribution is 6.46. The van der Waals surface area contributed by atoms with E-state index >= 15 is 0 Å². The van der Waals surface area contributed by atoms with E-state index in [1.165, 1.54) is 4.90 Å². The third-order valence-corrected chi connectivity index (χ3v) is 6.23. The Labute approximate surface area is 214 Å². The van der Waals surface area contributed by atoms with Crippen LogP contribution in [0.25, 0.3) is 5.76 Å². The van der Waals surface area contributed by atoms with Crippen molar-refractivity contribution in [1.82, 2.24) is 14.9 Å². The van der Waals surface area contributed by atoms with Crippen LogP contribution in [0.15, 0.2) is 103 Å². The summed E-state index contributed by atoms with van der Waals surface area (Å²) in [4.78, 5) is 36.0. The van der Waals surface area contributed by atoms with Crippen LogP contribution in [-0.4, -0.2) is 31.7 Å². The summed E-state index contributed by atoms with van der Waals surface area (Å²) in [7, 11) is 0. The number of carbonyl (C=O) groups is 2. The van der Waals surface area contributed by atoms with Crippen molar-refractivity contribution >= 4 is 17.4 Å². The Kier molecular flexibility index (Phi) is 6.76. The summed E-state index contributed by atoms with van der Waals surface area (Å²) in [6.07, 6.45) is 6.51. The van der Waals surface area contributed by atoms with Crippen molar-refractivity contribution in [3.63, 3.8) is 0 Å². The molecule has 5 rings (SSSR count). The molecule has 0 bridgehead atoms. The first-order chi connectivity index (χ1) is 18.0. The van der Waals surface area contributed by atoms with Crippen LogP contribution in [0.3, 0.4) is 0 Å². The lowest BCUT2D eigenvalue weighted by Gasteiger charge is -2.25. The molecule has 3 heterocycles. The average molecular weight is 492 g/mol. The number of carbonyl (C=O) groups excluding carboxylic acids is 2. The fraction of sp³-hybridized carbons (Fsp3) is 0.133. The molecule has 0 radical (unpaired) electrons. The molecule has 184 valence electrons. The van der Waals surface area contributed by atoms with Crippen LogP contribution in [0.1, 0.15) is 33.9 Å². The second kappa shape index (κ2) is 10.5. The van der Waals surface area contributed by atoms with Crippen molar-refractivity contribution in [1.29, 1.82) is 0 Å². The standard InChI is InChI=1S/C30H25N3O4/c1-20-5-2-6-21(15-20)19-37-25-11-9-23(10-12-25)28(34)26-27(24-8-4-14-32-17-24)33(30(36)29(26)35)18-22-7-3-13-31-16-22/h2-17,27,34H,18-19H2,1H3/b28-26+. The Hall–Kier alpha value is -4.78. The number of hydrogen-bond acceptors (Lipinski definition) is 6. The van der Waals surface area contributed by atoms with Crippen LogP contribution in [0, 0.1) is 6.92 Å². The molecule has 1 saturated heterocycles. The summed E-state index contributed by atoms with van der Waals surface area (Å²) < 4.78 is 5.88. The van der Waals surface area contributed by atoms with Crippen molar-refractivity contribution in [2.45, 2.75) is 26.1 Å². The Morgan fingerprint density at radius 1 is 0.919 bits per heavy atom. The normalized spacial score (nSPS) is 16.7. The first kappa shape index (κ1) is 23.9. The Balaban J connectivity index is 1.45. The van der Waals surface area contributed by atoms with Gasteiger partial charge in [0.1, 0.15) is 18.1 Å². The monoisotopic (exact) mass is 491 g/mol. The van der Waals surface area contributed by atoms with Gasteiger partial charge in [-0.25, -0.2) is 0 Å². The van der Waals surface area contributed by atoms with Crippen LogP contribution < -0.4 is 4.74 Å². The molecule has 1 unspecified atom stereocenters. The van der Waals surface area contributed by atoms with Crippen LogP contribution in [0.4, 0.5) is 0 Å². The number of ether oxygens (including phenoxy) is 1. The lowest BCUT2D eigenvalue weighted by atomic mass is 9.96. The molecule has 2 aromatic carbocycles. The van der Waals surface area contributed by atoms with Gasteiger partial charge in [-0.15, -0.1) is 0 Å². The minimum atomic E-state index is -0.786. The number of benzene rings is 2. The average Bonchev–Trinajstić information content (AvgIpc) is 3.18. The van der Waals surface area contributed by atoms with Gasteiger partial charge in [-0.2, -0.15) is 0 Å². The molecule has 1 atom stereocenters. The number of pyridine rings is 2. The van der Waals surface area contributed by atoms with Gasteiger partial charge in [-0.3, -0.25) is 19.6 Å². The van der Waals surface area contributed by atoms with E-state index in [-0.39, 0.29) is 17.9 Å². The van der Waals surface area contributed by atoms with Crippen LogP contribution in [0.5, 0.6) is 5.75 Å². The molecule has 4 aromatic rings. The van der Waals surface area contributed by atoms with E-state index in [4.69, 9.17) is 4.74 Å². The van der Waals surface area contributed by atoms with E-state index in [1.54, 1.807) is 67.3 Å². The second-order valence-corrected chi connectivity index (χ2v) is 8.88. The van der Waals surface area contributed by atoms with Gasteiger partial charge in [0.15, 0.2) is 0 Å². The summed E-state index contributed by atoms with van der Waals surface area (Å²) in [5, 5.41) is 11.3. The zero-order chi connectivity index (χ0) is 25.8. The molecule has 1 amide bonds. The lowest BCUT2D eigenvalue weighted by Crippen LogP contribution is -2.29. The lowest BCUT2D eigenvalue weighted by molar-refractivity contribution is -0.140. The third kappa shape index (κ3) is 5.11. The number of hydrogen-bond donors (Lipinski definition) is 1. The zero-order valence-corrected chi connectivity index (χ0v) is 20.2. The largest absolute Gasteiger partial charge is 0.507 e. The topological polar surface area (TPSA) is 92.6 Å². The van der Waals surface area contributed by atoms with Gasteiger partial charge < -0.3 is 14.7 Å². The molecule has 0 saturated carbocycles. The van der Waals surface area contributed by atoms with Crippen LogP contribution in [0.2, 0.25) is 0 Å². The summed E-state index contributed by atoms with van der Waals surface area (Å²) in [6.45, 7) is 2.61. The number of ketones is 1. The van der Waals surface area contributed by atoms with Crippen molar-refractivity contribution in [3.8, 4) is 5.75 Å². The Bertz CT molecular complexity index is 1450. The number of nitrogens with zero attached hydrogens (tertiary/aromatic N) is 3. The number of likely N-dealkylation sites (tertiary alicyclic amines) is 1. The van der Waals surface area contributed by atoms with Crippen LogP contribution >= 0.6 is 0 Å². The molecule has 7 nitrogen and oxygen atoms in total. The quantitative estimate of drug-likeness (QED) is 0.223. The van der Waals surface area contributed by atoms with E-state index in [2.05, 4.69) is 16.0 Å². The number of aliphatic hydroxyl groups excluding tert-OH is 1. The molecule has 1 N–H and O–H groups in total. The minimum absolute atomic E-state index is 0.0234. The second-order valence-electron chi connectivity index (χ2n) is 8.88. The fourth-order valence-corrected chi connectivity index (χ4v) is 4.45. The molecular weight excluding hydrogens is 466 g/mol. The smallest absolute Gasteiger partial charge is 0.295 e. The predicted molar refractivity (Wildman–Crippen MR) is 138 cm³/mol. The highest BCUT2D eigenvalue weighted by atomic mass is 16.5. The number of aromatic nitrogens is 2. The number of amides is 1. The highest BCUT2D eigenvalue weighted by Gasteiger charge is 2.46. The number of rotatable bonds is 7. The predicted octanol–water partition coefficient (Wildman–Crippen LogP) is 4.99. The van der Waals surface area contributed by atoms with E-state index < -0.39 is 17.7 Å². The number of Topliss-reactive ketones (excluding diaryl/α,β-unsaturated/α-hetero) is 1. The third-order valence-electron chi connectivity index (χ3n) is 6.23. The van der Waals surface area contributed by atoms with Gasteiger partial charge in [0.25, 0.3) is 11.7 Å². The molecule has 2 aromatic heterocycles. The maximum Gasteiger partial charge on any atom is 0.295 e. The molecular formula is C30H25N3O4. The number of aryl methyl sites for hydroxylation is 1. The van der Waals surface area contributed by atoms with E-state index in [1.807, 2.05) is 31.2 Å². The van der Waals surface area contributed by atoms with Gasteiger partial charge in [0.05, 0.1) is 11.6 Å². The molecule has 1 aliphatic rings. The van der Waals surface area contributed by atoms with Gasteiger partial charge in [-0.1, -0.05) is 42.0 Å². The molecule has 0 spiro atoms. The van der Waals surface area contributed by atoms with Crippen molar-refractivity contribution in [2.75, 3.05) is 0 Å². The minimum Gasteiger partial charge on any atom is -0.507 e. The van der Waals surface area contributed by atoms with Crippen molar-refractivity contribution in [3.05, 3.63) is 131 Å². The Morgan fingerprint density at radius 2 is 1.65 bits per heavy atom. The van der Waals surface area contributed by atoms with Gasteiger partial charge in [0, 0.05) is 36.9 Å². The first-order valence-electron chi connectivity index (χ1n) is 11.9. The fourth-order valence-electron chi connectivity index (χ4n) is 4.45.